The Balaban J connectivity index is 0.000000306. The largest absolute Gasteiger partial charge is 0.466 e. The molecule has 1 aromatic heterocycles. The fourth-order valence-corrected chi connectivity index (χ4v) is 5.23. The summed E-state index contributed by atoms with van der Waals surface area (Å²) in [5.74, 6) is -2.94. The van der Waals surface area contributed by atoms with Crippen molar-refractivity contribution in [2.24, 2.45) is 0 Å². The summed E-state index contributed by atoms with van der Waals surface area (Å²) < 4.78 is 59.9. The Hall–Kier alpha value is -4.68. The molecule has 51 heavy (non-hydrogen) atoms. The third kappa shape index (κ3) is 12.6. The Morgan fingerprint density at radius 3 is 2.12 bits per heavy atom. The first-order valence-electron chi connectivity index (χ1n) is 16.8. The first-order valence-corrected chi connectivity index (χ1v) is 16.8. The Bertz CT molecular complexity index is 1730. The van der Waals surface area contributed by atoms with Crippen LogP contribution in [0, 0.1) is 31.3 Å². The van der Waals surface area contributed by atoms with Crippen LogP contribution in [0.15, 0.2) is 54.6 Å². The fourth-order valence-electron chi connectivity index (χ4n) is 5.23. The number of aromatic nitrogens is 1. The molecule has 1 atom stereocenters. The van der Waals surface area contributed by atoms with Crippen LogP contribution in [0.25, 0.3) is 22.0 Å². The zero-order chi connectivity index (χ0) is 38.1. The number of aldehydes is 2. The Kier molecular flexibility index (Phi) is 17.9. The van der Waals surface area contributed by atoms with Crippen molar-refractivity contribution < 1.29 is 36.7 Å². The van der Waals surface area contributed by atoms with Crippen LogP contribution in [0.1, 0.15) is 66.8 Å². The summed E-state index contributed by atoms with van der Waals surface area (Å²) in [7, 11) is 3.29. The van der Waals surface area contributed by atoms with Crippen molar-refractivity contribution in [3.05, 3.63) is 94.4 Å². The van der Waals surface area contributed by atoms with Gasteiger partial charge in [0.25, 0.3) is 0 Å². The molecule has 3 aromatic carbocycles. The predicted molar refractivity (Wildman–Crippen MR) is 194 cm³/mol. The molecule has 0 aliphatic carbocycles. The Morgan fingerprint density at radius 2 is 1.61 bits per heavy atom. The number of hydrogen-bond acceptors (Lipinski definition) is 8. The number of fused-ring (bicyclic) bond motifs is 1. The smallest absolute Gasteiger partial charge is 0.307 e. The predicted octanol–water partition coefficient (Wildman–Crippen LogP) is 7.63. The minimum atomic E-state index is -1.02. The second kappa shape index (κ2) is 21.5. The van der Waals surface area contributed by atoms with Gasteiger partial charge in [-0.3, -0.25) is 9.59 Å². The van der Waals surface area contributed by atoms with Gasteiger partial charge in [-0.25, -0.2) is 22.5 Å². The van der Waals surface area contributed by atoms with Crippen molar-refractivity contribution in [3.8, 4) is 11.1 Å². The number of benzene rings is 3. The summed E-state index contributed by atoms with van der Waals surface area (Å²) in [5.41, 5.74) is 4.48. The van der Waals surface area contributed by atoms with Gasteiger partial charge in [0.05, 0.1) is 38.2 Å². The van der Waals surface area contributed by atoms with Crippen LogP contribution < -0.4 is 15.5 Å². The molecule has 8 nitrogen and oxygen atoms in total. The van der Waals surface area contributed by atoms with Crippen LogP contribution in [0.5, 0.6) is 0 Å². The minimum absolute atomic E-state index is 0.0266. The average Bonchev–Trinajstić information content (AvgIpc) is 3.08. The lowest BCUT2D eigenvalue weighted by Crippen LogP contribution is -2.48. The lowest BCUT2D eigenvalue weighted by atomic mass is 9.92. The highest BCUT2D eigenvalue weighted by atomic mass is 19.2. The molecule has 1 aliphatic heterocycles. The summed E-state index contributed by atoms with van der Waals surface area (Å²) in [5, 5.41) is 6.46. The molecule has 2 heterocycles. The van der Waals surface area contributed by atoms with Gasteiger partial charge in [-0.2, -0.15) is 0 Å². The van der Waals surface area contributed by atoms with E-state index in [9.17, 15) is 31.9 Å². The monoisotopic (exact) mass is 712 g/mol. The topological polar surface area (TPSA) is 101 Å². The molecule has 276 valence electrons. The Morgan fingerprint density at radius 1 is 0.980 bits per heavy atom. The highest BCUT2D eigenvalue weighted by molar-refractivity contribution is 5.86. The highest BCUT2D eigenvalue weighted by Crippen LogP contribution is 2.33. The van der Waals surface area contributed by atoms with Crippen LogP contribution >= 0.6 is 0 Å². The maximum atomic E-state index is 14.4. The van der Waals surface area contributed by atoms with Crippen LogP contribution in [0.2, 0.25) is 0 Å². The second-order valence-corrected chi connectivity index (χ2v) is 11.8. The lowest BCUT2D eigenvalue weighted by Gasteiger charge is -2.36. The van der Waals surface area contributed by atoms with E-state index in [1.165, 1.54) is 24.6 Å². The quantitative estimate of drug-likeness (QED) is 0.0984. The molecule has 1 aliphatic rings. The molecule has 1 fully saturated rings. The van der Waals surface area contributed by atoms with Gasteiger partial charge in [0.15, 0.2) is 17.9 Å². The van der Waals surface area contributed by atoms with Gasteiger partial charge in [-0.05, 0) is 99.6 Å². The first-order chi connectivity index (χ1) is 24.4. The van der Waals surface area contributed by atoms with E-state index < -0.39 is 29.8 Å². The minimum Gasteiger partial charge on any atom is -0.466 e. The van der Waals surface area contributed by atoms with E-state index in [-0.39, 0.29) is 24.4 Å². The van der Waals surface area contributed by atoms with Gasteiger partial charge in [-0.15, -0.1) is 0 Å². The number of rotatable bonds is 10. The van der Waals surface area contributed by atoms with E-state index in [2.05, 4.69) is 29.5 Å². The van der Waals surface area contributed by atoms with Crippen molar-refractivity contribution in [1.29, 1.82) is 0 Å². The number of hydrogen-bond donors (Lipinski definition) is 2. The molecule has 1 unspecified atom stereocenters. The number of alkyl halides is 1. The molecule has 12 heteroatoms. The summed E-state index contributed by atoms with van der Waals surface area (Å²) in [4.78, 5) is 37.9. The third-order valence-corrected chi connectivity index (χ3v) is 7.55. The molecular weight excluding hydrogens is 664 g/mol. The van der Waals surface area contributed by atoms with Crippen LogP contribution in [0.3, 0.4) is 0 Å². The number of nitrogens with zero attached hydrogens (tertiary/aromatic N) is 2. The molecular formula is C39H48F4N4O4. The maximum Gasteiger partial charge on any atom is 0.307 e. The molecule has 0 spiro atoms. The maximum absolute atomic E-state index is 14.4. The normalized spacial score (nSPS) is 12.6. The van der Waals surface area contributed by atoms with E-state index in [1.807, 2.05) is 29.2 Å². The van der Waals surface area contributed by atoms with Crippen molar-refractivity contribution in [1.82, 2.24) is 15.6 Å². The standard InChI is InChI=1S/C20H22F3NO2.C13H11FN2O.C3H7NO.C3H8/c1-5-26-18(25)10-17(24-4)15-8-13(9-16(22)20(15)23)19-11(2)6-14(21)7-12(19)3;14-10-6-16(7-10)12-4-2-9-1-3-11(8-17)15-13(9)5-12;1-4-2-3-5;1-3-2/h6-9,17,24H,5,10H2,1-4H3;1-5,8,10H,6-7H2;3-4H,2H2,1H3;3H2,1-2H3. The molecule has 0 saturated carbocycles. The number of ether oxygens (including phenoxy) is 1. The second-order valence-electron chi connectivity index (χ2n) is 11.8. The number of halogens is 4. The van der Waals surface area contributed by atoms with Crippen LogP contribution in [0.4, 0.5) is 23.2 Å². The third-order valence-electron chi connectivity index (χ3n) is 7.55. The molecule has 0 radical (unpaired) electrons. The van der Waals surface area contributed by atoms with Crippen molar-refractivity contribution >= 4 is 35.1 Å². The number of carbonyl (C=O) groups excluding carboxylic acids is 3. The first kappa shape index (κ1) is 42.5. The van der Waals surface area contributed by atoms with Gasteiger partial charge in [0.1, 0.15) is 24.0 Å². The number of carbonyl (C=O) groups is 3. The number of esters is 1. The van der Waals surface area contributed by atoms with E-state index in [0.717, 1.165) is 35.2 Å². The van der Waals surface area contributed by atoms with Crippen molar-refractivity contribution in [2.75, 3.05) is 45.2 Å². The van der Waals surface area contributed by atoms with Gasteiger partial charge in [-0.1, -0.05) is 32.4 Å². The van der Waals surface area contributed by atoms with Crippen LogP contribution in [-0.4, -0.2) is 70.0 Å². The van der Waals surface area contributed by atoms with Crippen molar-refractivity contribution in [2.45, 2.75) is 59.7 Å². The van der Waals surface area contributed by atoms with Gasteiger partial charge in [0.2, 0.25) is 0 Å². The van der Waals surface area contributed by atoms with E-state index in [1.54, 1.807) is 40.9 Å². The summed E-state index contributed by atoms with van der Waals surface area (Å²) in [6.45, 7) is 10.9. The number of pyridine rings is 1. The summed E-state index contributed by atoms with van der Waals surface area (Å²) >= 11 is 0. The zero-order valence-corrected chi connectivity index (χ0v) is 30.3. The average molecular weight is 713 g/mol. The molecule has 4 aromatic rings. The van der Waals surface area contributed by atoms with Gasteiger partial charge < -0.3 is 25.1 Å². The van der Waals surface area contributed by atoms with Gasteiger partial charge in [0, 0.05) is 22.7 Å². The lowest BCUT2D eigenvalue weighted by molar-refractivity contribution is -0.143. The Labute approximate surface area is 297 Å². The van der Waals surface area contributed by atoms with E-state index in [4.69, 9.17) is 4.74 Å². The molecule has 1 saturated heterocycles. The van der Waals surface area contributed by atoms with Crippen LogP contribution in [-0.2, 0) is 14.3 Å². The number of anilines is 1. The molecule has 2 N–H and O–H groups in total. The number of likely N-dealkylation sites (N-methyl/N-ethyl adjacent to an activating group) is 1. The fraction of sp³-hybridized carbons (Fsp3) is 0.385. The molecule has 5 rings (SSSR count). The highest BCUT2D eigenvalue weighted by Gasteiger charge is 2.26. The number of aryl methyl sites for hydroxylation is 2. The molecule has 0 amide bonds. The van der Waals surface area contributed by atoms with Crippen molar-refractivity contribution in [3.63, 3.8) is 0 Å². The van der Waals surface area contributed by atoms with Gasteiger partial charge >= 0.3 is 5.97 Å². The zero-order valence-electron chi connectivity index (χ0n) is 30.3. The SMILES string of the molecule is CCC.CCOC(=O)CC(NC)c1cc(-c2c(C)cc(F)cc2C)cc(F)c1F.CNCC=O.O=Cc1ccc2ccc(N3CC(F)C3)cc2n1. The summed E-state index contributed by atoms with van der Waals surface area (Å²) in [6.07, 6.45) is 1.94. The summed E-state index contributed by atoms with van der Waals surface area (Å²) in [6, 6.07) is 13.9. The van der Waals surface area contributed by atoms with E-state index >= 15 is 0 Å². The molecule has 0 bridgehead atoms. The number of nitrogens with one attached hydrogen (secondary N) is 2. The van der Waals surface area contributed by atoms with E-state index in [0.29, 0.717) is 47.6 Å².